The van der Waals surface area contributed by atoms with Crippen molar-refractivity contribution < 1.29 is 14.6 Å². The van der Waals surface area contributed by atoms with Crippen molar-refractivity contribution in [2.75, 3.05) is 33.0 Å². The molecule has 35 heavy (non-hydrogen) atoms. The van der Waals surface area contributed by atoms with Crippen LogP contribution < -0.4 is 0 Å². The van der Waals surface area contributed by atoms with Gasteiger partial charge in [-0.05, 0) is 128 Å². The van der Waals surface area contributed by atoms with Crippen LogP contribution in [0.3, 0.4) is 0 Å². The first-order chi connectivity index (χ1) is 17.2. The Hall–Kier alpha value is -0.640. The molecule has 14 atom stereocenters. The molecular weight excluding hydrogens is 432 g/mol. The van der Waals surface area contributed by atoms with Crippen LogP contribution >= 0.6 is 0 Å². The summed E-state index contributed by atoms with van der Waals surface area (Å²) in [5, 5.41) is 10.4. The topological polar surface area (TPSA) is 38.7 Å². The first-order valence-corrected chi connectivity index (χ1v) is 15.3. The Kier molecular flexibility index (Phi) is 5.22. The first-order valence-electron chi connectivity index (χ1n) is 15.3. The van der Waals surface area contributed by atoms with Gasteiger partial charge in [-0.3, -0.25) is 0 Å². The van der Waals surface area contributed by atoms with Crippen molar-refractivity contribution in [3.8, 4) is 0 Å². The van der Waals surface area contributed by atoms with Gasteiger partial charge in [0.15, 0.2) is 0 Å². The van der Waals surface area contributed by atoms with Crippen LogP contribution in [-0.2, 0) is 9.47 Å². The second-order valence-corrected chi connectivity index (χ2v) is 14.6. The molecule has 8 rings (SSSR count). The molecule has 6 saturated carbocycles. The summed E-state index contributed by atoms with van der Waals surface area (Å²) in [6, 6.07) is 0. The molecule has 192 valence electrons. The Morgan fingerprint density at radius 2 is 1.11 bits per heavy atom. The number of rotatable bonds is 10. The smallest absolute Gasteiger partial charge is 0.0566 e. The molecule has 0 aromatic heterocycles. The van der Waals surface area contributed by atoms with Gasteiger partial charge >= 0.3 is 0 Å². The molecule has 3 heteroatoms. The third kappa shape index (κ3) is 3.19. The van der Waals surface area contributed by atoms with E-state index in [2.05, 4.69) is 31.2 Å². The summed E-state index contributed by atoms with van der Waals surface area (Å²) >= 11 is 0. The van der Waals surface area contributed by atoms with Crippen LogP contribution in [0, 0.1) is 88.3 Å². The van der Waals surface area contributed by atoms with Gasteiger partial charge in [-0.25, -0.2) is 0 Å². The first kappa shape index (κ1) is 22.4. The lowest BCUT2D eigenvalue weighted by molar-refractivity contribution is -0.0749. The fourth-order valence-electron chi connectivity index (χ4n) is 12.0. The molecule has 8 aliphatic rings. The molecule has 0 saturated heterocycles. The third-order valence-electron chi connectivity index (χ3n) is 13.4. The van der Waals surface area contributed by atoms with Crippen LogP contribution in [0.4, 0.5) is 0 Å². The van der Waals surface area contributed by atoms with Crippen LogP contribution in [0.25, 0.3) is 0 Å². The zero-order chi connectivity index (χ0) is 23.3. The van der Waals surface area contributed by atoms with E-state index in [0.29, 0.717) is 13.2 Å². The maximum absolute atomic E-state index is 10.4. The third-order valence-corrected chi connectivity index (χ3v) is 13.4. The predicted molar refractivity (Wildman–Crippen MR) is 136 cm³/mol. The average molecular weight is 479 g/mol. The zero-order valence-electron chi connectivity index (χ0n) is 21.6. The molecular formula is C32H46O3. The van der Waals surface area contributed by atoms with E-state index < -0.39 is 0 Å². The number of aliphatic hydroxyl groups excluding tert-OH is 1. The van der Waals surface area contributed by atoms with Crippen LogP contribution in [0.5, 0.6) is 0 Å². The zero-order valence-corrected chi connectivity index (χ0v) is 21.6. The summed E-state index contributed by atoms with van der Waals surface area (Å²) < 4.78 is 12.9. The molecule has 14 unspecified atom stereocenters. The van der Waals surface area contributed by atoms with Crippen molar-refractivity contribution in [3.63, 3.8) is 0 Å². The van der Waals surface area contributed by atoms with E-state index in [-0.39, 0.29) is 12.0 Å². The minimum absolute atomic E-state index is 0.176. The number of hydrogen-bond acceptors (Lipinski definition) is 3. The second-order valence-electron chi connectivity index (χ2n) is 14.6. The van der Waals surface area contributed by atoms with Crippen molar-refractivity contribution in [1.29, 1.82) is 0 Å². The molecule has 0 aromatic carbocycles. The molecule has 6 fully saturated rings. The van der Waals surface area contributed by atoms with Gasteiger partial charge in [0.05, 0.1) is 19.8 Å². The highest BCUT2D eigenvalue weighted by Gasteiger charge is 2.62. The van der Waals surface area contributed by atoms with Gasteiger partial charge in [-0.1, -0.05) is 31.2 Å². The molecule has 0 heterocycles. The van der Waals surface area contributed by atoms with Crippen molar-refractivity contribution in [2.45, 2.75) is 51.9 Å². The lowest BCUT2D eigenvalue weighted by Crippen LogP contribution is -2.39. The van der Waals surface area contributed by atoms with Crippen LogP contribution in [0.1, 0.15) is 51.9 Å². The van der Waals surface area contributed by atoms with E-state index >= 15 is 0 Å². The Bertz CT molecular complexity index is 821. The normalized spacial score (nSPS) is 54.8. The van der Waals surface area contributed by atoms with Gasteiger partial charge in [0, 0.05) is 18.6 Å². The van der Waals surface area contributed by atoms with Crippen molar-refractivity contribution in [2.24, 2.45) is 88.3 Å². The number of ether oxygens (including phenoxy) is 2. The largest absolute Gasteiger partial charge is 0.396 e. The Labute approximate surface area is 212 Å². The number of fused-ring (bicyclic) bond motifs is 18. The van der Waals surface area contributed by atoms with E-state index in [1.165, 1.54) is 38.5 Å². The molecule has 3 nitrogen and oxygen atoms in total. The van der Waals surface area contributed by atoms with E-state index in [4.69, 9.17) is 9.47 Å². The number of allylic oxidation sites excluding steroid dienone is 4. The summed E-state index contributed by atoms with van der Waals surface area (Å²) in [5.74, 6) is 12.7. The Balaban J connectivity index is 0.835. The number of aliphatic hydroxyl groups is 1. The quantitative estimate of drug-likeness (QED) is 0.328. The minimum atomic E-state index is -0.232. The fraction of sp³-hybridized carbons (Fsp3) is 0.875. The molecule has 0 aliphatic heterocycles. The second kappa shape index (κ2) is 8.18. The van der Waals surface area contributed by atoms with E-state index in [0.717, 1.165) is 102 Å². The SMILES string of the molecule is CCC(CO)(COCC1CC2CC1C1C3C=CC(C3)C21)COCC1CC2CC1C1C3C=CC(C3)C21. The van der Waals surface area contributed by atoms with Gasteiger partial charge in [-0.2, -0.15) is 0 Å². The van der Waals surface area contributed by atoms with Crippen LogP contribution in [0.2, 0.25) is 0 Å². The molecule has 0 amide bonds. The van der Waals surface area contributed by atoms with Crippen molar-refractivity contribution >= 4 is 0 Å². The summed E-state index contributed by atoms with van der Waals surface area (Å²) in [4.78, 5) is 0. The van der Waals surface area contributed by atoms with Gasteiger partial charge in [0.25, 0.3) is 0 Å². The number of hydrogen-bond donors (Lipinski definition) is 1. The standard InChI is InChI=1S/C32H46O3/c1-2-32(15-33,16-34-13-24-9-22-11-26(24)30-20-5-3-18(7-20)28(22)30)17-35-14-25-10-23-12-27(25)31-21-6-4-19(8-21)29(23)31/h3-6,18-31,33H,2,7-17H2,1H3. The lowest BCUT2D eigenvalue weighted by Gasteiger charge is -2.38. The molecule has 0 spiro atoms. The predicted octanol–water partition coefficient (Wildman–Crippen LogP) is 5.60. The lowest BCUT2D eigenvalue weighted by atomic mass is 9.69. The van der Waals surface area contributed by atoms with E-state index in [1.54, 1.807) is 0 Å². The molecule has 1 N–H and O–H groups in total. The highest BCUT2D eigenvalue weighted by molar-refractivity contribution is 5.21. The van der Waals surface area contributed by atoms with Crippen LogP contribution in [0.15, 0.2) is 24.3 Å². The van der Waals surface area contributed by atoms with Crippen molar-refractivity contribution in [1.82, 2.24) is 0 Å². The molecule has 0 radical (unpaired) electrons. The Morgan fingerprint density at radius 1 is 0.657 bits per heavy atom. The van der Waals surface area contributed by atoms with Gasteiger partial charge in [0.2, 0.25) is 0 Å². The maximum Gasteiger partial charge on any atom is 0.0566 e. The maximum atomic E-state index is 10.4. The monoisotopic (exact) mass is 478 g/mol. The fourth-order valence-corrected chi connectivity index (χ4v) is 12.0. The molecule has 8 aliphatic carbocycles. The summed E-state index contributed by atoms with van der Waals surface area (Å²) in [6.45, 7) is 5.50. The summed E-state index contributed by atoms with van der Waals surface area (Å²) in [7, 11) is 0. The highest BCUT2D eigenvalue weighted by Crippen LogP contribution is 2.68. The summed E-state index contributed by atoms with van der Waals surface area (Å²) in [5.41, 5.74) is -0.232. The van der Waals surface area contributed by atoms with Gasteiger partial charge < -0.3 is 14.6 Å². The minimum Gasteiger partial charge on any atom is -0.396 e. The Morgan fingerprint density at radius 3 is 1.54 bits per heavy atom. The summed E-state index contributed by atoms with van der Waals surface area (Å²) in [6.07, 6.45) is 19.7. The van der Waals surface area contributed by atoms with E-state index in [1.807, 2.05) is 0 Å². The highest BCUT2D eigenvalue weighted by atomic mass is 16.5. The van der Waals surface area contributed by atoms with Gasteiger partial charge in [0.1, 0.15) is 0 Å². The van der Waals surface area contributed by atoms with Gasteiger partial charge in [-0.15, -0.1) is 0 Å². The van der Waals surface area contributed by atoms with Crippen molar-refractivity contribution in [3.05, 3.63) is 24.3 Å². The van der Waals surface area contributed by atoms with E-state index in [9.17, 15) is 5.11 Å². The average Bonchev–Trinajstić information content (AvgIpc) is 3.70. The molecule has 0 aromatic rings. The molecule has 8 bridgehead atoms. The van der Waals surface area contributed by atoms with Crippen LogP contribution in [-0.4, -0.2) is 38.1 Å².